The molecule has 0 radical (unpaired) electrons. The van der Waals surface area contributed by atoms with Crippen LogP contribution in [0.5, 0.6) is 0 Å². The number of aliphatic hydroxyl groups is 1. The van der Waals surface area contributed by atoms with Gasteiger partial charge in [-0.05, 0) is 44.2 Å². The Morgan fingerprint density at radius 2 is 2.09 bits per heavy atom. The van der Waals surface area contributed by atoms with Gasteiger partial charge in [0.2, 0.25) is 5.91 Å². The zero-order chi connectivity index (χ0) is 17.0. The number of carbonyl (C=O) groups is 1. The van der Waals surface area contributed by atoms with Crippen molar-refractivity contribution in [3.63, 3.8) is 0 Å². The maximum atomic E-state index is 12.1. The van der Waals surface area contributed by atoms with Crippen molar-refractivity contribution in [1.82, 2.24) is 10.3 Å². The molecule has 2 rings (SSSR count). The normalized spacial score (nSPS) is 20.8. The highest BCUT2D eigenvalue weighted by molar-refractivity contribution is 5.76. The summed E-state index contributed by atoms with van der Waals surface area (Å²) >= 11 is 0. The fourth-order valence-electron chi connectivity index (χ4n) is 3.22. The molecule has 1 aromatic rings. The van der Waals surface area contributed by atoms with Crippen LogP contribution in [0.1, 0.15) is 54.5 Å². The first kappa shape index (κ1) is 17.2. The van der Waals surface area contributed by atoms with Gasteiger partial charge >= 0.3 is 0 Å². The molecule has 1 aliphatic carbocycles. The van der Waals surface area contributed by atoms with Crippen LogP contribution in [-0.4, -0.2) is 28.1 Å². The van der Waals surface area contributed by atoms with Crippen molar-refractivity contribution in [1.29, 1.82) is 5.26 Å². The van der Waals surface area contributed by atoms with Gasteiger partial charge in [0.25, 0.3) is 5.56 Å². The van der Waals surface area contributed by atoms with Gasteiger partial charge < -0.3 is 15.4 Å². The smallest absolute Gasteiger partial charge is 0.266 e. The summed E-state index contributed by atoms with van der Waals surface area (Å²) in [5.74, 6) is -0.112. The van der Waals surface area contributed by atoms with Gasteiger partial charge in [-0.15, -0.1) is 0 Å². The number of H-pyrrole nitrogens is 1. The molecule has 1 amide bonds. The maximum absolute atomic E-state index is 12.1. The van der Waals surface area contributed by atoms with Gasteiger partial charge in [-0.2, -0.15) is 5.26 Å². The van der Waals surface area contributed by atoms with E-state index >= 15 is 0 Å². The van der Waals surface area contributed by atoms with E-state index in [9.17, 15) is 14.7 Å². The average molecular weight is 317 g/mol. The first-order valence-corrected chi connectivity index (χ1v) is 8.04. The van der Waals surface area contributed by atoms with Crippen LogP contribution in [0.2, 0.25) is 0 Å². The summed E-state index contributed by atoms with van der Waals surface area (Å²) in [5.41, 5.74) is 1.88. The van der Waals surface area contributed by atoms with Crippen molar-refractivity contribution in [3.05, 3.63) is 32.7 Å². The van der Waals surface area contributed by atoms with Crippen LogP contribution in [-0.2, 0) is 11.2 Å². The number of carbonyl (C=O) groups excluding carboxylic acids is 1. The Balaban J connectivity index is 2.02. The average Bonchev–Trinajstić information content (AvgIpc) is 2.49. The Labute approximate surface area is 135 Å². The quantitative estimate of drug-likeness (QED) is 0.776. The number of hydrogen-bond acceptors (Lipinski definition) is 4. The molecule has 2 unspecified atom stereocenters. The van der Waals surface area contributed by atoms with Gasteiger partial charge in [0, 0.05) is 12.1 Å². The number of pyridine rings is 1. The monoisotopic (exact) mass is 317 g/mol. The minimum atomic E-state index is -0.463. The second-order valence-electron chi connectivity index (χ2n) is 6.20. The second kappa shape index (κ2) is 7.42. The van der Waals surface area contributed by atoms with E-state index in [0.29, 0.717) is 17.7 Å². The number of aliphatic hydroxyl groups excluding tert-OH is 1. The molecular formula is C17H23N3O3. The van der Waals surface area contributed by atoms with Crippen molar-refractivity contribution < 1.29 is 9.90 Å². The van der Waals surface area contributed by atoms with Gasteiger partial charge in [-0.1, -0.05) is 12.8 Å². The first-order valence-electron chi connectivity index (χ1n) is 8.04. The van der Waals surface area contributed by atoms with Crippen molar-refractivity contribution in [2.24, 2.45) is 0 Å². The number of nitrogens with one attached hydrogen (secondary N) is 2. The molecule has 3 N–H and O–H groups in total. The molecule has 1 aromatic heterocycles. The molecule has 0 saturated heterocycles. The summed E-state index contributed by atoms with van der Waals surface area (Å²) in [7, 11) is 0. The summed E-state index contributed by atoms with van der Waals surface area (Å²) in [5, 5.41) is 21.9. The lowest BCUT2D eigenvalue weighted by molar-refractivity contribution is -0.123. The van der Waals surface area contributed by atoms with Gasteiger partial charge in [-0.3, -0.25) is 9.59 Å². The molecule has 1 heterocycles. The number of hydrogen-bond donors (Lipinski definition) is 3. The molecule has 0 aromatic carbocycles. The molecule has 2 atom stereocenters. The highest BCUT2D eigenvalue weighted by atomic mass is 16.3. The number of aromatic nitrogens is 1. The molecule has 6 heteroatoms. The topological polar surface area (TPSA) is 106 Å². The van der Waals surface area contributed by atoms with Gasteiger partial charge in [0.15, 0.2) is 0 Å². The molecule has 0 aliphatic heterocycles. The second-order valence-corrected chi connectivity index (χ2v) is 6.20. The highest BCUT2D eigenvalue weighted by Gasteiger charge is 2.24. The van der Waals surface area contributed by atoms with E-state index in [0.717, 1.165) is 31.2 Å². The molecule has 6 nitrogen and oxygen atoms in total. The number of rotatable bonds is 4. The minimum Gasteiger partial charge on any atom is -0.391 e. The van der Waals surface area contributed by atoms with Crippen LogP contribution in [0.25, 0.3) is 0 Å². The predicted octanol–water partition coefficient (Wildman–Crippen LogP) is 1.22. The lowest BCUT2D eigenvalue weighted by Crippen LogP contribution is -2.45. The number of aryl methyl sites for hydroxylation is 1. The zero-order valence-electron chi connectivity index (χ0n) is 13.6. The number of amides is 1. The SMILES string of the molecule is Cc1[nH]c(=O)c(C#N)c(C)c1CCC(=O)NC1CCCCC1O. The summed E-state index contributed by atoms with van der Waals surface area (Å²) in [6.45, 7) is 3.51. The molecule has 124 valence electrons. The van der Waals surface area contributed by atoms with Crippen LogP contribution < -0.4 is 10.9 Å². The van der Waals surface area contributed by atoms with Crippen molar-refractivity contribution >= 4 is 5.91 Å². The third kappa shape index (κ3) is 3.99. The van der Waals surface area contributed by atoms with Gasteiger partial charge in [-0.25, -0.2) is 0 Å². The molecular weight excluding hydrogens is 294 g/mol. The Kier molecular flexibility index (Phi) is 5.56. The third-order valence-electron chi connectivity index (χ3n) is 4.60. The lowest BCUT2D eigenvalue weighted by atomic mass is 9.92. The van der Waals surface area contributed by atoms with Crippen molar-refractivity contribution in [2.75, 3.05) is 0 Å². The fourth-order valence-corrected chi connectivity index (χ4v) is 3.22. The Morgan fingerprint density at radius 3 is 2.74 bits per heavy atom. The van der Waals surface area contributed by atoms with E-state index in [2.05, 4.69) is 10.3 Å². The van der Waals surface area contributed by atoms with E-state index in [1.165, 1.54) is 0 Å². The Morgan fingerprint density at radius 1 is 1.39 bits per heavy atom. The molecule has 0 spiro atoms. The zero-order valence-corrected chi connectivity index (χ0v) is 13.6. The van der Waals surface area contributed by atoms with E-state index in [1.54, 1.807) is 13.8 Å². The van der Waals surface area contributed by atoms with Gasteiger partial charge in [0.05, 0.1) is 12.1 Å². The first-order chi connectivity index (χ1) is 10.9. The Hall–Kier alpha value is -2.13. The molecule has 23 heavy (non-hydrogen) atoms. The van der Waals surface area contributed by atoms with E-state index < -0.39 is 6.10 Å². The molecule has 1 saturated carbocycles. The van der Waals surface area contributed by atoms with Crippen LogP contribution in [0.15, 0.2) is 4.79 Å². The summed E-state index contributed by atoms with van der Waals surface area (Å²) in [6, 6.07) is 1.75. The fraction of sp³-hybridized carbons (Fsp3) is 0.588. The lowest BCUT2D eigenvalue weighted by Gasteiger charge is -2.28. The minimum absolute atomic E-state index is 0.105. The van der Waals surface area contributed by atoms with Crippen LogP contribution >= 0.6 is 0 Å². The summed E-state index contributed by atoms with van der Waals surface area (Å²) in [6.07, 6.45) is 3.82. The standard InChI is InChI=1S/C17H23N3O3/c1-10-12(11(2)19-17(23)13(10)9-18)7-8-16(22)20-14-5-3-4-6-15(14)21/h14-15,21H,3-8H2,1-2H3,(H,19,23)(H,20,22). The van der Waals surface area contributed by atoms with Crippen molar-refractivity contribution in [3.8, 4) is 6.07 Å². The maximum Gasteiger partial charge on any atom is 0.266 e. The third-order valence-corrected chi connectivity index (χ3v) is 4.60. The predicted molar refractivity (Wildman–Crippen MR) is 86.0 cm³/mol. The van der Waals surface area contributed by atoms with E-state index in [-0.39, 0.29) is 29.5 Å². The van der Waals surface area contributed by atoms with Crippen LogP contribution in [0, 0.1) is 25.2 Å². The highest BCUT2D eigenvalue weighted by Crippen LogP contribution is 2.19. The number of nitriles is 1. The largest absolute Gasteiger partial charge is 0.391 e. The van der Waals surface area contributed by atoms with Crippen molar-refractivity contribution in [2.45, 2.75) is 64.5 Å². The van der Waals surface area contributed by atoms with Crippen LogP contribution in [0.4, 0.5) is 0 Å². The van der Waals surface area contributed by atoms with E-state index in [4.69, 9.17) is 5.26 Å². The number of aromatic amines is 1. The summed E-state index contributed by atoms with van der Waals surface area (Å²) in [4.78, 5) is 26.5. The molecule has 1 aliphatic rings. The molecule has 1 fully saturated rings. The number of nitrogens with zero attached hydrogens (tertiary/aromatic N) is 1. The Bertz CT molecular complexity index is 688. The van der Waals surface area contributed by atoms with Gasteiger partial charge in [0.1, 0.15) is 11.6 Å². The van der Waals surface area contributed by atoms with Crippen LogP contribution in [0.3, 0.4) is 0 Å². The summed E-state index contributed by atoms with van der Waals surface area (Å²) < 4.78 is 0. The van der Waals surface area contributed by atoms with E-state index in [1.807, 2.05) is 6.07 Å². The molecule has 0 bridgehead atoms.